The second-order valence-electron chi connectivity index (χ2n) is 2.16. The van der Waals surface area contributed by atoms with Crippen molar-refractivity contribution in [2.75, 3.05) is 7.11 Å². The Morgan fingerprint density at radius 2 is 2.10 bits per heavy atom. The molecule has 0 saturated carbocycles. The molecule has 3 heteroatoms. The molecule has 2 unspecified atom stereocenters. The zero-order chi connectivity index (χ0) is 7.98. The molecular weight excluding hydrogens is 148 g/mol. The third kappa shape index (κ3) is 5.09. The first-order chi connectivity index (χ1) is 4.70. The van der Waals surface area contributed by atoms with Gasteiger partial charge in [0.05, 0.1) is 0 Å². The summed E-state index contributed by atoms with van der Waals surface area (Å²) >= 11 is 4.98. The van der Waals surface area contributed by atoms with E-state index in [1.54, 1.807) is 7.11 Å². The molecule has 0 spiro atoms. The third-order valence-corrected chi connectivity index (χ3v) is 1.55. The lowest BCUT2D eigenvalue weighted by molar-refractivity contribution is -0.121. The number of hydrogen-bond donors (Lipinski definition) is 0. The zero-order valence-corrected chi connectivity index (χ0v) is 7.61. The van der Waals surface area contributed by atoms with Crippen LogP contribution in [0, 0.1) is 0 Å². The van der Waals surface area contributed by atoms with Gasteiger partial charge in [0, 0.05) is 7.11 Å². The molecule has 0 aliphatic heterocycles. The Labute approximate surface area is 68.3 Å². The second-order valence-corrected chi connectivity index (χ2v) is 2.68. The van der Waals surface area contributed by atoms with Gasteiger partial charge in [-0.3, -0.25) is 0 Å². The first kappa shape index (κ1) is 10.3. The fraction of sp³-hybridized carbons (Fsp3) is 1.00. The Morgan fingerprint density at radius 1 is 1.50 bits per heavy atom. The molecule has 0 rings (SSSR count). The van der Waals surface area contributed by atoms with Crippen molar-refractivity contribution in [3.63, 3.8) is 0 Å². The SMILES string of the molecule is CCCC([S])OC(C)OC. The highest BCUT2D eigenvalue weighted by molar-refractivity contribution is 7.80. The van der Waals surface area contributed by atoms with Gasteiger partial charge in [-0.25, -0.2) is 0 Å². The van der Waals surface area contributed by atoms with Crippen molar-refractivity contribution in [3.05, 3.63) is 0 Å². The Kier molecular flexibility index (Phi) is 6.17. The van der Waals surface area contributed by atoms with E-state index in [1.165, 1.54) is 0 Å². The number of methoxy groups -OCH3 is 1. The van der Waals surface area contributed by atoms with Crippen molar-refractivity contribution in [1.82, 2.24) is 0 Å². The standard InChI is InChI=1S/C7H15O2S/c1-4-5-7(10)9-6(2)8-3/h6-7H,4-5H2,1-3H3. The summed E-state index contributed by atoms with van der Waals surface area (Å²) in [6.45, 7) is 3.93. The summed E-state index contributed by atoms with van der Waals surface area (Å²) in [5.41, 5.74) is -0.0973. The van der Waals surface area contributed by atoms with Crippen LogP contribution in [-0.4, -0.2) is 18.8 Å². The van der Waals surface area contributed by atoms with E-state index in [0.717, 1.165) is 12.8 Å². The van der Waals surface area contributed by atoms with E-state index in [1.807, 2.05) is 6.92 Å². The minimum Gasteiger partial charge on any atom is -0.356 e. The Bertz CT molecular complexity index is 78.0. The molecule has 2 atom stereocenters. The Hall–Kier alpha value is 0.270. The summed E-state index contributed by atoms with van der Waals surface area (Å²) in [6, 6.07) is 0. The lowest BCUT2D eigenvalue weighted by Gasteiger charge is -2.15. The van der Waals surface area contributed by atoms with E-state index in [-0.39, 0.29) is 11.7 Å². The predicted molar refractivity (Wildman–Crippen MR) is 43.8 cm³/mol. The maximum atomic E-state index is 5.23. The molecule has 0 bridgehead atoms. The molecule has 0 N–H and O–H groups in total. The maximum absolute atomic E-state index is 5.23. The monoisotopic (exact) mass is 163 g/mol. The Balaban J connectivity index is 3.27. The lowest BCUT2D eigenvalue weighted by Crippen LogP contribution is -2.16. The van der Waals surface area contributed by atoms with Crippen LogP contribution in [0.15, 0.2) is 0 Å². The highest BCUT2D eigenvalue weighted by Gasteiger charge is 2.06. The van der Waals surface area contributed by atoms with Crippen LogP contribution < -0.4 is 0 Å². The van der Waals surface area contributed by atoms with E-state index in [9.17, 15) is 0 Å². The van der Waals surface area contributed by atoms with Crippen molar-refractivity contribution >= 4 is 12.6 Å². The van der Waals surface area contributed by atoms with Gasteiger partial charge in [0.25, 0.3) is 0 Å². The molecule has 61 valence electrons. The highest BCUT2D eigenvalue weighted by Crippen LogP contribution is 2.08. The van der Waals surface area contributed by atoms with Gasteiger partial charge >= 0.3 is 0 Å². The van der Waals surface area contributed by atoms with Crippen molar-refractivity contribution in [3.8, 4) is 0 Å². The van der Waals surface area contributed by atoms with Gasteiger partial charge < -0.3 is 9.47 Å². The van der Waals surface area contributed by atoms with Crippen LogP contribution in [0.1, 0.15) is 26.7 Å². The van der Waals surface area contributed by atoms with Gasteiger partial charge in [-0.05, 0) is 13.3 Å². The number of hydrogen-bond acceptors (Lipinski definition) is 2. The van der Waals surface area contributed by atoms with Crippen LogP contribution in [0.25, 0.3) is 0 Å². The molecule has 0 saturated heterocycles. The molecular formula is C7H15O2S. The highest BCUT2D eigenvalue weighted by atomic mass is 32.1. The van der Waals surface area contributed by atoms with Crippen LogP contribution in [0.2, 0.25) is 0 Å². The molecule has 1 radical (unpaired) electrons. The van der Waals surface area contributed by atoms with E-state index in [0.29, 0.717) is 0 Å². The van der Waals surface area contributed by atoms with Gasteiger partial charge in [0.1, 0.15) is 5.44 Å². The fourth-order valence-corrected chi connectivity index (χ4v) is 0.965. The normalized spacial score (nSPS) is 16.8. The van der Waals surface area contributed by atoms with E-state index >= 15 is 0 Å². The van der Waals surface area contributed by atoms with Crippen LogP contribution in [0.5, 0.6) is 0 Å². The average molecular weight is 163 g/mol. The summed E-state index contributed by atoms with van der Waals surface area (Å²) in [7, 11) is 1.61. The molecule has 0 amide bonds. The molecule has 0 aliphatic rings. The molecule has 0 heterocycles. The van der Waals surface area contributed by atoms with Crippen LogP contribution >= 0.6 is 12.6 Å². The van der Waals surface area contributed by atoms with Gasteiger partial charge in [-0.1, -0.05) is 26.0 Å². The van der Waals surface area contributed by atoms with E-state index in [2.05, 4.69) is 6.92 Å². The minimum absolute atomic E-state index is 0.0973. The van der Waals surface area contributed by atoms with Gasteiger partial charge in [0.15, 0.2) is 6.29 Å². The van der Waals surface area contributed by atoms with E-state index in [4.69, 9.17) is 22.1 Å². The second kappa shape index (κ2) is 6.01. The summed E-state index contributed by atoms with van der Waals surface area (Å²) in [6.07, 6.45) is 1.81. The number of rotatable bonds is 5. The lowest BCUT2D eigenvalue weighted by atomic mass is 10.4. The Morgan fingerprint density at radius 3 is 2.50 bits per heavy atom. The average Bonchev–Trinajstić information content (AvgIpc) is 1.88. The van der Waals surface area contributed by atoms with Crippen molar-refractivity contribution in [2.24, 2.45) is 0 Å². The summed E-state index contributed by atoms with van der Waals surface area (Å²) in [5.74, 6) is 0. The fourth-order valence-electron chi connectivity index (χ4n) is 0.573. The molecule has 0 fully saturated rings. The van der Waals surface area contributed by atoms with E-state index < -0.39 is 0 Å². The third-order valence-electron chi connectivity index (χ3n) is 1.20. The molecule has 0 aromatic carbocycles. The van der Waals surface area contributed by atoms with Crippen LogP contribution in [-0.2, 0) is 9.47 Å². The zero-order valence-electron chi connectivity index (χ0n) is 6.79. The molecule has 2 nitrogen and oxygen atoms in total. The summed E-state index contributed by atoms with van der Waals surface area (Å²) in [4.78, 5) is 0. The maximum Gasteiger partial charge on any atom is 0.155 e. The molecule has 0 aliphatic carbocycles. The first-order valence-electron chi connectivity index (χ1n) is 3.54. The topological polar surface area (TPSA) is 18.5 Å². The van der Waals surface area contributed by atoms with Crippen molar-refractivity contribution in [1.29, 1.82) is 0 Å². The van der Waals surface area contributed by atoms with Crippen molar-refractivity contribution < 1.29 is 9.47 Å². The molecule has 0 aromatic heterocycles. The van der Waals surface area contributed by atoms with Crippen molar-refractivity contribution in [2.45, 2.75) is 38.4 Å². The van der Waals surface area contributed by atoms with Gasteiger partial charge in [-0.2, -0.15) is 0 Å². The van der Waals surface area contributed by atoms with Gasteiger partial charge in [-0.15, -0.1) is 0 Å². The summed E-state index contributed by atoms with van der Waals surface area (Å²) in [5, 5.41) is 0. The quantitative estimate of drug-likeness (QED) is 0.579. The van der Waals surface area contributed by atoms with Crippen LogP contribution in [0.3, 0.4) is 0 Å². The van der Waals surface area contributed by atoms with Crippen LogP contribution in [0.4, 0.5) is 0 Å². The van der Waals surface area contributed by atoms with Gasteiger partial charge in [0.2, 0.25) is 0 Å². The predicted octanol–water partition coefficient (Wildman–Crippen LogP) is 2.32. The molecule has 10 heavy (non-hydrogen) atoms. The molecule has 0 aromatic rings. The largest absolute Gasteiger partial charge is 0.356 e. The summed E-state index contributed by atoms with van der Waals surface area (Å²) < 4.78 is 10.1. The minimum atomic E-state index is -0.172. The number of ether oxygens (including phenoxy) is 2. The first-order valence-corrected chi connectivity index (χ1v) is 4.02. The smallest absolute Gasteiger partial charge is 0.155 e.